The Labute approximate surface area is 232 Å². The summed E-state index contributed by atoms with van der Waals surface area (Å²) in [5.74, 6) is 0.568. The Balaban J connectivity index is 1.42. The van der Waals surface area contributed by atoms with E-state index >= 15 is 0 Å². The molecule has 4 aromatic carbocycles. The van der Waals surface area contributed by atoms with Crippen molar-refractivity contribution in [3.63, 3.8) is 0 Å². The Hall–Kier alpha value is -4.34. The van der Waals surface area contributed by atoms with Crippen molar-refractivity contribution < 1.29 is 22.7 Å². The van der Waals surface area contributed by atoms with Crippen LogP contribution < -0.4 is 19.2 Å². The lowest BCUT2D eigenvalue weighted by atomic mass is 10.2. The largest absolute Gasteiger partial charge is 0.497 e. The summed E-state index contributed by atoms with van der Waals surface area (Å²) in [6, 6.07) is 29.2. The third-order valence-electron chi connectivity index (χ3n) is 5.56. The van der Waals surface area contributed by atoms with Crippen LogP contribution in [0.25, 0.3) is 0 Å². The first-order valence-corrected chi connectivity index (χ1v) is 13.7. The first kappa shape index (κ1) is 27.7. The Morgan fingerprint density at radius 2 is 1.62 bits per heavy atom. The minimum absolute atomic E-state index is 0.00542. The molecule has 0 saturated heterocycles. The molecule has 10 heteroatoms. The Kier molecular flexibility index (Phi) is 9.19. The van der Waals surface area contributed by atoms with Gasteiger partial charge in [-0.3, -0.25) is 9.10 Å². The van der Waals surface area contributed by atoms with E-state index in [-0.39, 0.29) is 10.6 Å². The quantitative estimate of drug-likeness (QED) is 0.198. The number of halogens is 1. The van der Waals surface area contributed by atoms with E-state index < -0.39 is 22.5 Å². The van der Waals surface area contributed by atoms with Crippen molar-refractivity contribution in [2.75, 3.05) is 18.0 Å². The topological polar surface area (TPSA) is 97.3 Å². The standard InChI is InChI=1S/C29H26ClN3O5S/c1-37-26-14-16-28(17-15-26)39(35,36)33(25-9-5-8-24(30)18-25)20-29(34)32-31-19-22-10-12-27(13-11-22)38-21-23-6-3-2-4-7-23/h2-19H,20-21H2,1H3,(H,32,34)/b31-19-. The number of anilines is 1. The zero-order chi connectivity index (χ0) is 27.7. The monoisotopic (exact) mass is 563 g/mol. The third kappa shape index (κ3) is 7.59. The van der Waals surface area contributed by atoms with Gasteiger partial charge in [-0.1, -0.05) is 48.0 Å². The van der Waals surface area contributed by atoms with Gasteiger partial charge < -0.3 is 9.47 Å². The molecule has 200 valence electrons. The van der Waals surface area contributed by atoms with Crippen LogP contribution in [-0.4, -0.2) is 34.2 Å². The molecule has 0 bridgehead atoms. The average Bonchev–Trinajstić information content (AvgIpc) is 2.96. The first-order valence-electron chi connectivity index (χ1n) is 11.9. The van der Waals surface area contributed by atoms with E-state index in [0.717, 1.165) is 15.4 Å². The predicted molar refractivity (Wildman–Crippen MR) is 152 cm³/mol. The molecule has 0 heterocycles. The molecule has 0 aliphatic carbocycles. The van der Waals surface area contributed by atoms with Crippen molar-refractivity contribution in [1.29, 1.82) is 0 Å². The fourth-order valence-electron chi connectivity index (χ4n) is 3.56. The normalized spacial score (nSPS) is 11.2. The van der Waals surface area contributed by atoms with Crippen LogP contribution >= 0.6 is 11.6 Å². The van der Waals surface area contributed by atoms with Gasteiger partial charge in [-0.15, -0.1) is 0 Å². The summed E-state index contributed by atoms with van der Waals surface area (Å²) in [6.07, 6.45) is 1.46. The van der Waals surface area contributed by atoms with Crippen molar-refractivity contribution >= 4 is 39.4 Å². The zero-order valence-electron chi connectivity index (χ0n) is 21.0. The van der Waals surface area contributed by atoms with E-state index in [9.17, 15) is 13.2 Å². The van der Waals surface area contributed by atoms with Crippen LogP contribution in [0.4, 0.5) is 5.69 Å². The summed E-state index contributed by atoms with van der Waals surface area (Å²) >= 11 is 6.10. The van der Waals surface area contributed by atoms with E-state index in [1.807, 2.05) is 30.3 Å². The van der Waals surface area contributed by atoms with Crippen molar-refractivity contribution in [2.24, 2.45) is 5.10 Å². The van der Waals surface area contributed by atoms with E-state index in [4.69, 9.17) is 21.1 Å². The van der Waals surface area contributed by atoms with Gasteiger partial charge in [-0.25, -0.2) is 13.8 Å². The summed E-state index contributed by atoms with van der Waals surface area (Å²) < 4.78 is 38.8. The molecule has 1 N–H and O–H groups in total. The highest BCUT2D eigenvalue weighted by Crippen LogP contribution is 2.27. The molecule has 0 aliphatic heterocycles. The number of rotatable bonds is 11. The van der Waals surface area contributed by atoms with E-state index in [1.165, 1.54) is 43.7 Å². The van der Waals surface area contributed by atoms with Crippen LogP contribution in [0.15, 0.2) is 113 Å². The molecular formula is C29H26ClN3O5S. The number of hydrazone groups is 1. The number of carbonyl (C=O) groups excluding carboxylic acids is 1. The molecular weight excluding hydrogens is 538 g/mol. The van der Waals surface area contributed by atoms with E-state index in [1.54, 1.807) is 42.5 Å². The molecule has 39 heavy (non-hydrogen) atoms. The maximum Gasteiger partial charge on any atom is 0.264 e. The third-order valence-corrected chi connectivity index (χ3v) is 7.59. The molecule has 0 saturated carbocycles. The Bertz CT molecular complexity index is 1530. The number of benzene rings is 4. The van der Waals surface area contributed by atoms with Gasteiger partial charge in [0.05, 0.1) is 23.9 Å². The number of ether oxygens (including phenoxy) is 2. The van der Waals surface area contributed by atoms with Gasteiger partial charge >= 0.3 is 0 Å². The first-order chi connectivity index (χ1) is 18.8. The minimum atomic E-state index is -4.11. The molecule has 0 aromatic heterocycles. The summed E-state index contributed by atoms with van der Waals surface area (Å²) in [7, 11) is -2.62. The van der Waals surface area contributed by atoms with Crippen molar-refractivity contribution in [3.8, 4) is 11.5 Å². The number of carbonyl (C=O) groups is 1. The minimum Gasteiger partial charge on any atom is -0.497 e. The van der Waals surface area contributed by atoms with Gasteiger partial charge in [0.15, 0.2) is 0 Å². The lowest BCUT2D eigenvalue weighted by molar-refractivity contribution is -0.119. The number of amides is 1. The molecule has 0 radical (unpaired) electrons. The SMILES string of the molecule is COc1ccc(S(=O)(=O)N(CC(=O)N/N=C\c2ccc(OCc3ccccc3)cc2)c2cccc(Cl)c2)cc1. The summed E-state index contributed by atoms with van der Waals surface area (Å²) in [4.78, 5) is 12.7. The van der Waals surface area contributed by atoms with Gasteiger partial charge in [0, 0.05) is 5.02 Å². The second-order valence-electron chi connectivity index (χ2n) is 8.30. The maximum absolute atomic E-state index is 13.5. The van der Waals surface area contributed by atoms with Crippen LogP contribution in [0.2, 0.25) is 5.02 Å². The highest BCUT2D eigenvalue weighted by atomic mass is 35.5. The average molecular weight is 564 g/mol. The van der Waals surface area contributed by atoms with Crippen LogP contribution in [0.1, 0.15) is 11.1 Å². The number of hydrogen-bond acceptors (Lipinski definition) is 6. The van der Waals surface area contributed by atoms with Crippen LogP contribution in [0.3, 0.4) is 0 Å². The molecule has 0 spiro atoms. The molecule has 8 nitrogen and oxygen atoms in total. The van der Waals surface area contributed by atoms with E-state index in [2.05, 4.69) is 10.5 Å². The Morgan fingerprint density at radius 3 is 2.28 bits per heavy atom. The second-order valence-corrected chi connectivity index (χ2v) is 10.6. The number of sulfonamides is 1. The lowest BCUT2D eigenvalue weighted by Crippen LogP contribution is -2.39. The number of hydrogen-bond donors (Lipinski definition) is 1. The molecule has 0 atom stereocenters. The zero-order valence-corrected chi connectivity index (χ0v) is 22.6. The predicted octanol–water partition coefficient (Wildman–Crippen LogP) is 5.27. The molecule has 0 unspecified atom stereocenters. The molecule has 4 aromatic rings. The van der Waals surface area contributed by atoms with E-state index in [0.29, 0.717) is 23.1 Å². The van der Waals surface area contributed by atoms with Crippen LogP contribution in [0, 0.1) is 0 Å². The Morgan fingerprint density at radius 1 is 0.923 bits per heavy atom. The van der Waals surface area contributed by atoms with Gasteiger partial charge in [0.25, 0.3) is 15.9 Å². The van der Waals surface area contributed by atoms with Gasteiger partial charge in [0.2, 0.25) is 0 Å². The summed E-state index contributed by atoms with van der Waals surface area (Å²) in [5.41, 5.74) is 4.41. The van der Waals surface area contributed by atoms with Gasteiger partial charge in [0.1, 0.15) is 24.7 Å². The maximum atomic E-state index is 13.5. The number of methoxy groups -OCH3 is 1. The van der Waals surface area contributed by atoms with Crippen LogP contribution in [-0.2, 0) is 21.4 Å². The fraction of sp³-hybridized carbons (Fsp3) is 0.103. The summed E-state index contributed by atoms with van der Waals surface area (Å²) in [5, 5.41) is 4.31. The molecule has 1 amide bonds. The molecule has 0 fully saturated rings. The van der Waals surface area contributed by atoms with Crippen molar-refractivity contribution in [2.45, 2.75) is 11.5 Å². The second kappa shape index (κ2) is 12.9. The van der Waals surface area contributed by atoms with Gasteiger partial charge in [-0.2, -0.15) is 5.10 Å². The number of nitrogens with one attached hydrogen (secondary N) is 1. The number of nitrogens with zero attached hydrogens (tertiary/aromatic N) is 2. The van der Waals surface area contributed by atoms with Gasteiger partial charge in [-0.05, 0) is 77.9 Å². The lowest BCUT2D eigenvalue weighted by Gasteiger charge is -2.24. The fourth-order valence-corrected chi connectivity index (χ4v) is 5.15. The summed E-state index contributed by atoms with van der Waals surface area (Å²) in [6.45, 7) is -0.0643. The smallest absolute Gasteiger partial charge is 0.264 e. The van der Waals surface area contributed by atoms with Crippen molar-refractivity contribution in [1.82, 2.24) is 5.43 Å². The highest BCUT2D eigenvalue weighted by molar-refractivity contribution is 7.92. The molecule has 0 aliphatic rings. The van der Waals surface area contributed by atoms with Crippen molar-refractivity contribution in [3.05, 3.63) is 119 Å². The van der Waals surface area contributed by atoms with Crippen LogP contribution in [0.5, 0.6) is 11.5 Å². The highest BCUT2D eigenvalue weighted by Gasteiger charge is 2.27. The molecule has 4 rings (SSSR count).